The molecule has 3 aromatic heterocycles. The lowest BCUT2D eigenvalue weighted by molar-refractivity contribution is 0.152. The maximum absolute atomic E-state index is 13.4. The van der Waals surface area contributed by atoms with Gasteiger partial charge in [-0.3, -0.25) is 4.40 Å². The molecule has 0 fully saturated rings. The molecule has 9 nitrogen and oxygen atoms in total. The fourth-order valence-corrected chi connectivity index (χ4v) is 4.16. The molecule has 0 radical (unpaired) electrons. The largest absolute Gasteiger partial charge is 0.384 e. The molecule has 2 N–H and O–H groups in total. The van der Waals surface area contributed by atoms with Gasteiger partial charge in [0.1, 0.15) is 27.2 Å². The summed E-state index contributed by atoms with van der Waals surface area (Å²) in [4.78, 5) is 12.9. The Labute approximate surface area is 206 Å². The van der Waals surface area contributed by atoms with Crippen LogP contribution in [0.3, 0.4) is 0 Å². The van der Waals surface area contributed by atoms with Crippen molar-refractivity contribution in [1.29, 1.82) is 5.26 Å². The van der Waals surface area contributed by atoms with Crippen molar-refractivity contribution >= 4 is 27.1 Å². The number of anilines is 2. The molecule has 1 atom stereocenters. The van der Waals surface area contributed by atoms with Crippen molar-refractivity contribution < 1.29 is 17.2 Å². The van der Waals surface area contributed by atoms with Crippen LogP contribution in [0, 0.1) is 11.3 Å². The molecule has 1 aromatic carbocycles. The third-order valence-electron chi connectivity index (χ3n) is 5.49. The van der Waals surface area contributed by atoms with E-state index in [0.29, 0.717) is 12.2 Å². The Morgan fingerprint density at radius 3 is 2.69 bits per heavy atom. The minimum absolute atomic E-state index is 0.0228. The number of nitrogens with zero attached hydrogens (tertiary/aromatic N) is 5. The summed E-state index contributed by atoms with van der Waals surface area (Å²) in [5.41, 5.74) is 2.37. The molecule has 12 heteroatoms. The monoisotopic (exact) mass is 511 g/mol. The maximum Gasteiger partial charge on any atom is 0.267 e. The molecular weight excluding hydrogens is 488 g/mol. The maximum atomic E-state index is 13.4. The van der Waals surface area contributed by atoms with Crippen LogP contribution in [-0.2, 0) is 9.84 Å². The topological polar surface area (TPSA) is 125 Å². The van der Waals surface area contributed by atoms with E-state index in [1.165, 1.54) is 35.2 Å². The fraction of sp³-hybridized carbons (Fsp3) is 0.250. The number of nitriles is 1. The van der Waals surface area contributed by atoms with Crippen molar-refractivity contribution in [3.63, 3.8) is 0 Å². The molecular formula is C24H23F2N7O2S. The predicted molar refractivity (Wildman–Crippen MR) is 133 cm³/mol. The van der Waals surface area contributed by atoms with Gasteiger partial charge in [-0.2, -0.15) is 5.26 Å². The zero-order chi connectivity index (χ0) is 25.9. The third-order valence-corrected chi connectivity index (χ3v) is 6.43. The minimum Gasteiger partial charge on any atom is -0.384 e. The molecule has 0 saturated heterocycles. The van der Waals surface area contributed by atoms with Gasteiger partial charge in [-0.1, -0.05) is 12.1 Å². The van der Waals surface area contributed by atoms with Crippen molar-refractivity contribution in [2.45, 2.75) is 19.4 Å². The van der Waals surface area contributed by atoms with E-state index in [2.05, 4.69) is 25.6 Å². The second-order valence-electron chi connectivity index (χ2n) is 8.22. The Bertz CT molecular complexity index is 1550. The summed E-state index contributed by atoms with van der Waals surface area (Å²) in [5.74, 6) is 0.265. The van der Waals surface area contributed by atoms with Crippen LogP contribution in [0.15, 0.2) is 55.0 Å². The third kappa shape index (κ3) is 5.58. The van der Waals surface area contributed by atoms with E-state index in [9.17, 15) is 22.5 Å². The van der Waals surface area contributed by atoms with E-state index in [1.54, 1.807) is 6.20 Å². The second-order valence-corrected chi connectivity index (χ2v) is 10.5. The first-order valence-corrected chi connectivity index (χ1v) is 13.0. The normalized spacial score (nSPS) is 12.4. The van der Waals surface area contributed by atoms with Crippen LogP contribution in [0.4, 0.5) is 20.4 Å². The van der Waals surface area contributed by atoms with Crippen molar-refractivity contribution in [3.8, 4) is 17.5 Å². The van der Waals surface area contributed by atoms with Gasteiger partial charge in [-0.05, 0) is 36.8 Å². The molecule has 0 bridgehead atoms. The fourth-order valence-electron chi connectivity index (χ4n) is 3.68. The molecule has 0 aliphatic rings. The number of sulfone groups is 1. The number of imidazole rings is 1. The number of hydrogen-bond donors (Lipinski definition) is 2. The highest BCUT2D eigenvalue weighted by Gasteiger charge is 2.19. The van der Waals surface area contributed by atoms with Gasteiger partial charge in [-0.15, -0.1) is 0 Å². The Hall–Kier alpha value is -4.11. The first kappa shape index (κ1) is 25.0. The number of hydrogen-bond acceptors (Lipinski definition) is 8. The number of pyridine rings is 1. The molecule has 4 rings (SSSR count). The molecule has 0 amide bonds. The van der Waals surface area contributed by atoms with Crippen LogP contribution >= 0.6 is 0 Å². The summed E-state index contributed by atoms with van der Waals surface area (Å²) in [6.07, 6.45) is 2.86. The van der Waals surface area contributed by atoms with E-state index >= 15 is 0 Å². The first-order valence-electron chi connectivity index (χ1n) is 11.0. The SMILES string of the molecule is C[C@H](Nc1ncc(C#N)c(-c2cnc3c(C(F)F)cccn23)n1)c1cccc(NCCS(C)(=O)=O)c1. The number of benzene rings is 1. The number of nitrogens with one attached hydrogen (secondary N) is 2. The highest BCUT2D eigenvalue weighted by atomic mass is 32.2. The number of alkyl halides is 2. The molecule has 0 aliphatic heterocycles. The number of halogens is 2. The second kappa shape index (κ2) is 10.2. The molecule has 0 unspecified atom stereocenters. The van der Waals surface area contributed by atoms with Crippen molar-refractivity contribution in [1.82, 2.24) is 19.4 Å². The summed E-state index contributed by atoms with van der Waals surface area (Å²) in [5, 5.41) is 15.9. The standard InChI is InChI=1S/C24H23F2N7O2S/c1-15(16-5-3-6-18(11-16)28-8-10-36(2,34)35)31-24-30-13-17(12-27)21(32-24)20-14-29-23-19(22(25)26)7-4-9-33(20)23/h3-7,9,11,13-15,22,28H,8,10H2,1-2H3,(H,30,31,32)/t15-/m0/s1. The summed E-state index contributed by atoms with van der Waals surface area (Å²) in [6.45, 7) is 2.19. The summed E-state index contributed by atoms with van der Waals surface area (Å²) < 4.78 is 51.0. The zero-order valence-corrected chi connectivity index (χ0v) is 20.3. The summed E-state index contributed by atoms with van der Waals surface area (Å²) >= 11 is 0. The smallest absolute Gasteiger partial charge is 0.267 e. The average Bonchev–Trinajstić information content (AvgIpc) is 3.27. The van der Waals surface area contributed by atoms with Gasteiger partial charge >= 0.3 is 0 Å². The predicted octanol–water partition coefficient (Wildman–Crippen LogP) is 4.23. The van der Waals surface area contributed by atoms with Gasteiger partial charge < -0.3 is 10.6 Å². The number of aromatic nitrogens is 4. The molecule has 0 spiro atoms. The first-order chi connectivity index (χ1) is 17.2. The van der Waals surface area contributed by atoms with Gasteiger partial charge in [0.2, 0.25) is 5.95 Å². The Balaban J connectivity index is 1.60. The molecule has 0 aliphatic carbocycles. The Morgan fingerprint density at radius 1 is 1.17 bits per heavy atom. The van der Waals surface area contributed by atoms with Crippen LogP contribution in [0.25, 0.3) is 17.0 Å². The lowest BCUT2D eigenvalue weighted by Gasteiger charge is -2.16. The Kier molecular flexibility index (Phi) is 7.12. The summed E-state index contributed by atoms with van der Waals surface area (Å²) in [7, 11) is -3.07. The van der Waals surface area contributed by atoms with Crippen LogP contribution in [-0.4, -0.2) is 46.3 Å². The molecule has 3 heterocycles. The van der Waals surface area contributed by atoms with Crippen LogP contribution in [0.1, 0.15) is 36.1 Å². The van der Waals surface area contributed by atoms with Gasteiger partial charge in [0, 0.05) is 24.7 Å². The summed E-state index contributed by atoms with van der Waals surface area (Å²) in [6, 6.07) is 12.1. The van der Waals surface area contributed by atoms with Gasteiger partial charge in [-0.25, -0.2) is 32.2 Å². The van der Waals surface area contributed by atoms with E-state index in [-0.39, 0.29) is 40.2 Å². The van der Waals surface area contributed by atoms with E-state index in [1.807, 2.05) is 37.3 Å². The zero-order valence-electron chi connectivity index (χ0n) is 19.5. The highest BCUT2D eigenvalue weighted by Crippen LogP contribution is 2.29. The van der Waals surface area contributed by atoms with Gasteiger partial charge in [0.05, 0.1) is 41.0 Å². The van der Waals surface area contributed by atoms with E-state index in [4.69, 9.17) is 0 Å². The molecule has 4 aromatic rings. The van der Waals surface area contributed by atoms with Crippen LogP contribution < -0.4 is 10.6 Å². The van der Waals surface area contributed by atoms with Crippen LogP contribution in [0.5, 0.6) is 0 Å². The van der Waals surface area contributed by atoms with Crippen molar-refractivity contribution in [2.75, 3.05) is 29.2 Å². The lowest BCUT2D eigenvalue weighted by Crippen LogP contribution is -2.14. The quantitative estimate of drug-likeness (QED) is 0.342. The van der Waals surface area contributed by atoms with Gasteiger partial charge in [0.25, 0.3) is 6.43 Å². The molecule has 186 valence electrons. The average molecular weight is 512 g/mol. The van der Waals surface area contributed by atoms with Crippen molar-refractivity contribution in [3.05, 3.63) is 71.7 Å². The number of fused-ring (bicyclic) bond motifs is 1. The Morgan fingerprint density at radius 2 is 1.97 bits per heavy atom. The van der Waals surface area contributed by atoms with Crippen LogP contribution in [0.2, 0.25) is 0 Å². The number of rotatable bonds is 9. The molecule has 36 heavy (non-hydrogen) atoms. The van der Waals surface area contributed by atoms with E-state index < -0.39 is 16.3 Å². The van der Waals surface area contributed by atoms with Crippen molar-refractivity contribution in [2.24, 2.45) is 0 Å². The van der Waals surface area contributed by atoms with Gasteiger partial charge in [0.15, 0.2) is 0 Å². The van der Waals surface area contributed by atoms with E-state index in [0.717, 1.165) is 11.3 Å². The highest BCUT2D eigenvalue weighted by molar-refractivity contribution is 7.90. The lowest BCUT2D eigenvalue weighted by atomic mass is 10.1. The minimum atomic E-state index is -3.07. The molecule has 0 saturated carbocycles.